The molecule has 4 heterocycles. The summed E-state index contributed by atoms with van der Waals surface area (Å²) in [6.07, 6.45) is 4.44. The Labute approximate surface area is 146 Å². The standard InChI is InChI=1S/C17H22N6O2/c1-13-19-15(11-16(20-13)23-5-2-4-18-23)21-6-8-22(9-7-21)17(24)14-3-10-25-12-14/h2,4-5,11,14H,3,6-10,12H2,1H3. The Morgan fingerprint density at radius 3 is 2.68 bits per heavy atom. The molecule has 4 rings (SSSR count). The summed E-state index contributed by atoms with van der Waals surface area (Å²) in [6, 6.07) is 3.82. The van der Waals surface area contributed by atoms with Crippen molar-refractivity contribution in [3.05, 3.63) is 30.4 Å². The molecule has 25 heavy (non-hydrogen) atoms. The minimum atomic E-state index is 0.0410. The van der Waals surface area contributed by atoms with Crippen molar-refractivity contribution in [3.63, 3.8) is 0 Å². The first kappa shape index (κ1) is 16.0. The van der Waals surface area contributed by atoms with Crippen molar-refractivity contribution in [3.8, 4) is 5.82 Å². The lowest BCUT2D eigenvalue weighted by Crippen LogP contribution is -2.50. The Hall–Kier alpha value is -2.48. The third-order valence-electron chi connectivity index (χ3n) is 4.74. The fourth-order valence-electron chi connectivity index (χ4n) is 3.36. The maximum Gasteiger partial charge on any atom is 0.228 e. The summed E-state index contributed by atoms with van der Waals surface area (Å²) in [5, 5.41) is 4.24. The number of carbonyl (C=O) groups excluding carboxylic acids is 1. The third kappa shape index (κ3) is 3.34. The Kier molecular flexibility index (Phi) is 4.35. The molecular weight excluding hydrogens is 320 g/mol. The number of ether oxygens (including phenoxy) is 1. The molecule has 0 saturated carbocycles. The SMILES string of the molecule is Cc1nc(N2CCN(C(=O)C3CCOC3)CC2)cc(-n2cccn2)n1. The van der Waals surface area contributed by atoms with Crippen molar-refractivity contribution in [2.75, 3.05) is 44.3 Å². The zero-order chi connectivity index (χ0) is 17.2. The lowest BCUT2D eigenvalue weighted by atomic mass is 10.1. The number of nitrogens with zero attached hydrogens (tertiary/aromatic N) is 6. The molecule has 132 valence electrons. The fraction of sp³-hybridized carbons (Fsp3) is 0.529. The summed E-state index contributed by atoms with van der Waals surface area (Å²) in [5.41, 5.74) is 0. The number of aryl methyl sites for hydroxylation is 1. The number of amides is 1. The van der Waals surface area contributed by atoms with E-state index in [1.165, 1.54) is 0 Å². The number of hydrogen-bond acceptors (Lipinski definition) is 6. The van der Waals surface area contributed by atoms with Gasteiger partial charge in [0.05, 0.1) is 12.5 Å². The predicted octanol–water partition coefficient (Wildman–Crippen LogP) is 0.656. The predicted molar refractivity (Wildman–Crippen MR) is 91.6 cm³/mol. The highest BCUT2D eigenvalue weighted by atomic mass is 16.5. The van der Waals surface area contributed by atoms with E-state index in [1.54, 1.807) is 10.9 Å². The van der Waals surface area contributed by atoms with Crippen LogP contribution in [0.15, 0.2) is 24.5 Å². The molecule has 0 N–H and O–H groups in total. The van der Waals surface area contributed by atoms with E-state index in [1.807, 2.05) is 30.2 Å². The summed E-state index contributed by atoms with van der Waals surface area (Å²) >= 11 is 0. The van der Waals surface area contributed by atoms with Crippen LogP contribution in [0.5, 0.6) is 0 Å². The molecule has 8 heteroatoms. The Morgan fingerprint density at radius 1 is 1.20 bits per heavy atom. The summed E-state index contributed by atoms with van der Waals surface area (Å²) in [5.74, 6) is 2.63. The van der Waals surface area contributed by atoms with Crippen LogP contribution in [0, 0.1) is 12.8 Å². The second kappa shape index (κ2) is 6.79. The smallest absolute Gasteiger partial charge is 0.228 e. The van der Waals surface area contributed by atoms with Crippen LogP contribution in [0.25, 0.3) is 5.82 Å². The van der Waals surface area contributed by atoms with Gasteiger partial charge in [0.2, 0.25) is 5.91 Å². The van der Waals surface area contributed by atoms with Crippen LogP contribution >= 0.6 is 0 Å². The van der Waals surface area contributed by atoms with Gasteiger partial charge in [-0.25, -0.2) is 14.6 Å². The molecule has 1 unspecified atom stereocenters. The van der Waals surface area contributed by atoms with Gasteiger partial charge in [0, 0.05) is 51.2 Å². The zero-order valence-electron chi connectivity index (χ0n) is 14.3. The van der Waals surface area contributed by atoms with Crippen LogP contribution in [0.2, 0.25) is 0 Å². The summed E-state index contributed by atoms with van der Waals surface area (Å²) in [7, 11) is 0. The number of aromatic nitrogens is 4. The first-order chi connectivity index (χ1) is 12.2. The van der Waals surface area contributed by atoms with Gasteiger partial charge in [-0.05, 0) is 19.4 Å². The zero-order valence-corrected chi connectivity index (χ0v) is 14.3. The summed E-state index contributed by atoms with van der Waals surface area (Å²) in [6.45, 7) is 6.13. The van der Waals surface area contributed by atoms with Crippen molar-refractivity contribution in [2.24, 2.45) is 5.92 Å². The molecule has 0 bridgehead atoms. The molecule has 0 spiro atoms. The number of rotatable bonds is 3. The van der Waals surface area contributed by atoms with Crippen LogP contribution in [0.3, 0.4) is 0 Å². The van der Waals surface area contributed by atoms with Gasteiger partial charge in [0.25, 0.3) is 0 Å². The highest BCUT2D eigenvalue weighted by Crippen LogP contribution is 2.20. The fourth-order valence-corrected chi connectivity index (χ4v) is 3.36. The molecule has 2 aliphatic rings. The highest BCUT2D eigenvalue weighted by Gasteiger charge is 2.30. The Balaban J connectivity index is 1.45. The first-order valence-corrected chi connectivity index (χ1v) is 8.68. The van der Waals surface area contributed by atoms with Gasteiger partial charge in [0.1, 0.15) is 11.6 Å². The van der Waals surface area contributed by atoms with Crippen molar-refractivity contribution < 1.29 is 9.53 Å². The van der Waals surface area contributed by atoms with Gasteiger partial charge < -0.3 is 14.5 Å². The average Bonchev–Trinajstić information content (AvgIpc) is 3.34. The Bertz CT molecular complexity index is 734. The van der Waals surface area contributed by atoms with Crippen molar-refractivity contribution in [1.82, 2.24) is 24.6 Å². The first-order valence-electron chi connectivity index (χ1n) is 8.68. The maximum atomic E-state index is 12.5. The van der Waals surface area contributed by atoms with E-state index in [-0.39, 0.29) is 11.8 Å². The normalized spacial score (nSPS) is 20.9. The second-order valence-electron chi connectivity index (χ2n) is 6.46. The lowest BCUT2D eigenvalue weighted by molar-refractivity contribution is -0.135. The highest BCUT2D eigenvalue weighted by molar-refractivity contribution is 5.79. The van der Waals surface area contributed by atoms with Crippen molar-refractivity contribution in [1.29, 1.82) is 0 Å². The largest absolute Gasteiger partial charge is 0.381 e. The summed E-state index contributed by atoms with van der Waals surface area (Å²) < 4.78 is 7.07. The summed E-state index contributed by atoms with van der Waals surface area (Å²) in [4.78, 5) is 25.7. The minimum absolute atomic E-state index is 0.0410. The van der Waals surface area contributed by atoms with Crippen molar-refractivity contribution in [2.45, 2.75) is 13.3 Å². The lowest BCUT2D eigenvalue weighted by Gasteiger charge is -2.36. The number of hydrogen-bond donors (Lipinski definition) is 0. The molecule has 2 fully saturated rings. The van der Waals surface area contributed by atoms with E-state index in [9.17, 15) is 4.79 Å². The second-order valence-corrected chi connectivity index (χ2v) is 6.46. The average molecular weight is 342 g/mol. The molecular formula is C17H22N6O2. The molecule has 1 atom stereocenters. The van der Waals surface area contributed by atoms with E-state index in [0.717, 1.165) is 44.2 Å². The van der Waals surface area contributed by atoms with Gasteiger partial charge in [0.15, 0.2) is 5.82 Å². The van der Waals surface area contributed by atoms with Gasteiger partial charge >= 0.3 is 0 Å². The van der Waals surface area contributed by atoms with Crippen molar-refractivity contribution >= 4 is 11.7 Å². The minimum Gasteiger partial charge on any atom is -0.381 e. The van der Waals surface area contributed by atoms with E-state index >= 15 is 0 Å². The monoisotopic (exact) mass is 342 g/mol. The van der Waals surface area contributed by atoms with Gasteiger partial charge in [-0.15, -0.1) is 0 Å². The molecule has 2 aromatic heterocycles. The number of carbonyl (C=O) groups is 1. The molecule has 1 amide bonds. The van der Waals surface area contributed by atoms with E-state index < -0.39 is 0 Å². The molecule has 2 aliphatic heterocycles. The van der Waals surface area contributed by atoms with Gasteiger partial charge in [-0.3, -0.25) is 4.79 Å². The Morgan fingerprint density at radius 2 is 2.00 bits per heavy atom. The molecule has 0 aliphatic carbocycles. The van der Waals surface area contributed by atoms with E-state index in [2.05, 4.69) is 20.0 Å². The van der Waals surface area contributed by atoms with Gasteiger partial charge in [-0.1, -0.05) is 0 Å². The van der Waals surface area contributed by atoms with Crippen LogP contribution < -0.4 is 4.90 Å². The maximum absolute atomic E-state index is 12.5. The van der Waals surface area contributed by atoms with Crippen LogP contribution in [-0.2, 0) is 9.53 Å². The molecule has 8 nitrogen and oxygen atoms in total. The number of piperazine rings is 1. The van der Waals surface area contributed by atoms with Crippen LogP contribution in [-0.4, -0.2) is 69.9 Å². The third-order valence-corrected chi connectivity index (χ3v) is 4.74. The molecule has 0 radical (unpaired) electrons. The topological polar surface area (TPSA) is 76.4 Å². The van der Waals surface area contributed by atoms with Gasteiger partial charge in [-0.2, -0.15) is 5.10 Å². The van der Waals surface area contributed by atoms with E-state index in [4.69, 9.17) is 4.74 Å². The van der Waals surface area contributed by atoms with Crippen LogP contribution in [0.1, 0.15) is 12.2 Å². The quantitative estimate of drug-likeness (QED) is 0.815. The molecule has 0 aromatic carbocycles. The van der Waals surface area contributed by atoms with Crippen LogP contribution in [0.4, 0.5) is 5.82 Å². The van der Waals surface area contributed by atoms with E-state index in [0.29, 0.717) is 19.0 Å². The molecule has 2 saturated heterocycles. The number of anilines is 1. The molecule has 2 aromatic rings.